The van der Waals surface area contributed by atoms with E-state index >= 15 is 0 Å². The highest BCUT2D eigenvalue weighted by Gasteiger charge is 2.11. The minimum Gasteiger partial charge on any atom is -0.438 e. The molecule has 2 heterocycles. The molecule has 0 saturated carbocycles. The molecule has 0 aliphatic rings. The van der Waals surface area contributed by atoms with E-state index in [1.54, 1.807) is 6.92 Å². The zero-order chi connectivity index (χ0) is 12.7. The molecule has 18 heavy (non-hydrogen) atoms. The van der Waals surface area contributed by atoms with Gasteiger partial charge in [0.15, 0.2) is 0 Å². The monoisotopic (exact) mass is 242 g/mol. The van der Waals surface area contributed by atoms with Crippen molar-refractivity contribution in [3.05, 3.63) is 62.7 Å². The van der Waals surface area contributed by atoms with Gasteiger partial charge in [-0.2, -0.15) is 4.52 Å². The van der Waals surface area contributed by atoms with Gasteiger partial charge in [-0.05, 0) is 6.92 Å². The fourth-order valence-electron chi connectivity index (χ4n) is 1.83. The Balaban J connectivity index is 2.37. The lowest BCUT2D eigenvalue weighted by atomic mass is 10.2. The molecule has 1 N–H and O–H groups in total. The summed E-state index contributed by atoms with van der Waals surface area (Å²) in [5.74, 6) is 0.447. The number of aromatic amines is 1. The maximum atomic E-state index is 11.9. The van der Waals surface area contributed by atoms with Crippen LogP contribution in [0.2, 0.25) is 0 Å². The van der Waals surface area contributed by atoms with Crippen LogP contribution in [-0.2, 0) is 0 Å². The number of fused-ring (bicyclic) bond motifs is 1. The molecule has 0 atom stereocenters. The average molecular weight is 242 g/mol. The first kappa shape index (κ1) is 10.6. The third kappa shape index (κ3) is 1.48. The minimum atomic E-state index is -0.319. The van der Waals surface area contributed by atoms with Crippen LogP contribution in [0.4, 0.5) is 0 Å². The fraction of sp³-hybridized carbons (Fsp3) is 0.0769. The Labute approximate surface area is 101 Å². The highest BCUT2D eigenvalue weighted by Crippen LogP contribution is 2.19. The van der Waals surface area contributed by atoms with Gasteiger partial charge in [0.25, 0.3) is 11.1 Å². The van der Waals surface area contributed by atoms with Crippen molar-refractivity contribution >= 4 is 5.71 Å². The van der Waals surface area contributed by atoms with Crippen LogP contribution in [0.25, 0.3) is 17.0 Å². The molecular formula is C13H10N2O3. The number of hydrogen-bond acceptors (Lipinski definition) is 3. The molecule has 0 amide bonds. The van der Waals surface area contributed by atoms with Crippen LogP contribution in [0.1, 0.15) is 5.56 Å². The lowest BCUT2D eigenvalue weighted by Crippen LogP contribution is -2.14. The standard InChI is InChI=1S/C13H10N2O3/c1-8-12(17)14-15-11(16)7-10(18-13(8)15)9-5-3-2-4-6-9/h2-7H,1H3,(H,14,17). The van der Waals surface area contributed by atoms with E-state index in [9.17, 15) is 9.59 Å². The summed E-state index contributed by atoms with van der Waals surface area (Å²) < 4.78 is 6.73. The lowest BCUT2D eigenvalue weighted by Gasteiger charge is -2.01. The van der Waals surface area contributed by atoms with Gasteiger partial charge in [-0.15, -0.1) is 0 Å². The molecule has 0 saturated heterocycles. The summed E-state index contributed by atoms with van der Waals surface area (Å²) in [5, 5.41) is 2.43. The largest absolute Gasteiger partial charge is 0.438 e. The number of aromatic nitrogens is 2. The molecule has 90 valence electrons. The van der Waals surface area contributed by atoms with Crippen molar-refractivity contribution in [1.29, 1.82) is 0 Å². The van der Waals surface area contributed by atoms with Crippen LogP contribution >= 0.6 is 0 Å². The van der Waals surface area contributed by atoms with E-state index in [4.69, 9.17) is 4.42 Å². The Kier molecular flexibility index (Phi) is 2.19. The predicted octanol–water partition coefficient (Wildman–Crippen LogP) is 1.56. The molecule has 5 heteroatoms. The van der Waals surface area contributed by atoms with E-state index in [0.29, 0.717) is 11.3 Å². The van der Waals surface area contributed by atoms with Crippen molar-refractivity contribution in [2.45, 2.75) is 6.92 Å². The number of benzene rings is 1. The van der Waals surface area contributed by atoms with Crippen molar-refractivity contribution in [1.82, 2.24) is 9.61 Å². The Morgan fingerprint density at radius 3 is 2.61 bits per heavy atom. The van der Waals surface area contributed by atoms with Crippen LogP contribution in [-0.4, -0.2) is 9.61 Å². The molecule has 0 spiro atoms. The molecule has 1 aromatic carbocycles. The van der Waals surface area contributed by atoms with E-state index in [1.807, 2.05) is 30.3 Å². The zero-order valence-corrected chi connectivity index (χ0v) is 9.64. The van der Waals surface area contributed by atoms with Crippen LogP contribution in [0.15, 0.2) is 50.4 Å². The number of H-pyrrole nitrogens is 1. The van der Waals surface area contributed by atoms with Gasteiger partial charge in [0.05, 0.1) is 5.56 Å². The second-order valence-electron chi connectivity index (χ2n) is 4.02. The highest BCUT2D eigenvalue weighted by molar-refractivity contribution is 5.58. The van der Waals surface area contributed by atoms with Crippen molar-refractivity contribution < 1.29 is 4.42 Å². The average Bonchev–Trinajstić information content (AvgIpc) is 2.68. The summed E-state index contributed by atoms with van der Waals surface area (Å²) in [7, 11) is 0. The van der Waals surface area contributed by atoms with Gasteiger partial charge in [-0.3, -0.25) is 14.7 Å². The third-order valence-electron chi connectivity index (χ3n) is 2.82. The van der Waals surface area contributed by atoms with Crippen molar-refractivity contribution in [3.8, 4) is 11.3 Å². The Morgan fingerprint density at radius 1 is 1.17 bits per heavy atom. The summed E-state index contributed by atoms with van der Waals surface area (Å²) in [6, 6.07) is 10.6. The summed E-state index contributed by atoms with van der Waals surface area (Å²) in [5.41, 5.74) is 0.808. The number of nitrogens with zero attached hydrogens (tertiary/aromatic N) is 1. The molecule has 0 fully saturated rings. The zero-order valence-electron chi connectivity index (χ0n) is 9.64. The van der Waals surface area contributed by atoms with Gasteiger partial charge < -0.3 is 4.42 Å². The van der Waals surface area contributed by atoms with E-state index < -0.39 is 0 Å². The first-order valence-corrected chi connectivity index (χ1v) is 5.48. The quantitative estimate of drug-likeness (QED) is 0.704. The maximum Gasteiger partial charge on any atom is 0.276 e. The van der Waals surface area contributed by atoms with Gasteiger partial charge in [0, 0.05) is 11.6 Å². The molecule has 2 aromatic heterocycles. The number of aryl methyl sites for hydroxylation is 1. The van der Waals surface area contributed by atoms with Crippen LogP contribution in [0.3, 0.4) is 0 Å². The second-order valence-corrected chi connectivity index (χ2v) is 4.02. The van der Waals surface area contributed by atoms with E-state index in [-0.39, 0.29) is 16.8 Å². The highest BCUT2D eigenvalue weighted by atomic mass is 16.3. The predicted molar refractivity (Wildman–Crippen MR) is 66.7 cm³/mol. The Hall–Kier alpha value is -2.56. The SMILES string of the molecule is Cc1c(=O)[nH]n2c(=O)cc(-c3ccccc3)oc12. The topological polar surface area (TPSA) is 67.5 Å². The maximum absolute atomic E-state index is 11.9. The molecule has 3 aromatic rings. The van der Waals surface area contributed by atoms with Crippen LogP contribution < -0.4 is 11.1 Å². The summed E-state index contributed by atoms with van der Waals surface area (Å²) in [6.07, 6.45) is 0. The van der Waals surface area contributed by atoms with Crippen molar-refractivity contribution in [3.63, 3.8) is 0 Å². The van der Waals surface area contributed by atoms with Gasteiger partial charge in [0.2, 0.25) is 5.71 Å². The smallest absolute Gasteiger partial charge is 0.276 e. The van der Waals surface area contributed by atoms with Crippen LogP contribution in [0.5, 0.6) is 0 Å². The normalized spacial score (nSPS) is 10.9. The lowest BCUT2D eigenvalue weighted by molar-refractivity contribution is 0.575. The second kappa shape index (κ2) is 3.73. The van der Waals surface area contributed by atoms with Gasteiger partial charge >= 0.3 is 0 Å². The van der Waals surface area contributed by atoms with Crippen LogP contribution in [0, 0.1) is 6.92 Å². The number of hydrogen-bond donors (Lipinski definition) is 1. The Bertz CT molecular complexity index is 825. The first-order chi connectivity index (χ1) is 8.66. The van der Waals surface area contributed by atoms with Crippen molar-refractivity contribution in [2.75, 3.05) is 0 Å². The number of nitrogens with one attached hydrogen (secondary N) is 1. The van der Waals surface area contributed by atoms with Gasteiger partial charge in [-0.1, -0.05) is 30.3 Å². The van der Waals surface area contributed by atoms with E-state index in [2.05, 4.69) is 5.10 Å². The third-order valence-corrected chi connectivity index (χ3v) is 2.82. The molecule has 0 unspecified atom stereocenters. The van der Waals surface area contributed by atoms with Gasteiger partial charge in [0.1, 0.15) is 5.76 Å². The molecule has 0 aliphatic heterocycles. The first-order valence-electron chi connectivity index (χ1n) is 5.48. The van der Waals surface area contributed by atoms with E-state index in [0.717, 1.165) is 10.1 Å². The fourth-order valence-corrected chi connectivity index (χ4v) is 1.83. The molecule has 0 aliphatic carbocycles. The summed E-state index contributed by atoms with van der Waals surface area (Å²) >= 11 is 0. The Morgan fingerprint density at radius 2 is 1.89 bits per heavy atom. The molecular weight excluding hydrogens is 232 g/mol. The number of rotatable bonds is 1. The molecule has 3 rings (SSSR count). The van der Waals surface area contributed by atoms with Gasteiger partial charge in [-0.25, -0.2) is 0 Å². The van der Waals surface area contributed by atoms with Crippen molar-refractivity contribution in [2.24, 2.45) is 0 Å². The molecule has 5 nitrogen and oxygen atoms in total. The molecule has 0 radical (unpaired) electrons. The molecule has 0 bridgehead atoms. The summed E-state index contributed by atoms with van der Waals surface area (Å²) in [6.45, 7) is 1.62. The summed E-state index contributed by atoms with van der Waals surface area (Å²) in [4.78, 5) is 23.3. The minimum absolute atomic E-state index is 0.256. The van der Waals surface area contributed by atoms with E-state index in [1.165, 1.54) is 6.07 Å².